The molecule has 0 aliphatic carbocycles. The molecule has 0 saturated carbocycles. The summed E-state index contributed by atoms with van der Waals surface area (Å²) in [5.74, 6) is 0.224. The van der Waals surface area contributed by atoms with Gasteiger partial charge in [-0.05, 0) is 38.1 Å². The van der Waals surface area contributed by atoms with Gasteiger partial charge in [0, 0.05) is 32.4 Å². The highest BCUT2D eigenvalue weighted by Crippen LogP contribution is 2.30. The van der Waals surface area contributed by atoms with Crippen LogP contribution < -0.4 is 10.2 Å². The van der Waals surface area contributed by atoms with Crippen molar-refractivity contribution in [3.8, 4) is 0 Å². The van der Waals surface area contributed by atoms with E-state index >= 15 is 0 Å². The Hall–Kier alpha value is -1.73. The molecule has 0 bridgehead atoms. The predicted molar refractivity (Wildman–Crippen MR) is 103 cm³/mol. The third-order valence-electron chi connectivity index (χ3n) is 4.84. The fourth-order valence-corrected chi connectivity index (χ4v) is 4.22. The summed E-state index contributed by atoms with van der Waals surface area (Å²) in [4.78, 5) is 27.1. The SMILES string of the molecule is CCN(CC)CCNC(=O)[C@@H]1CCCN(c2nc3cccnc3s2)C1. The minimum absolute atomic E-state index is 0.0467. The highest BCUT2D eigenvalue weighted by Gasteiger charge is 2.27. The molecule has 0 aromatic carbocycles. The van der Waals surface area contributed by atoms with Crippen LogP contribution in [0.2, 0.25) is 0 Å². The van der Waals surface area contributed by atoms with E-state index in [1.165, 1.54) is 0 Å². The lowest BCUT2D eigenvalue weighted by atomic mass is 9.97. The van der Waals surface area contributed by atoms with Crippen LogP contribution in [0.3, 0.4) is 0 Å². The standard InChI is InChI=1S/C18H27N5OS/c1-3-22(4-2)12-10-19-16(24)14-7-6-11-23(13-14)18-21-15-8-5-9-20-17(15)25-18/h5,8-9,14H,3-4,6-7,10-13H2,1-2H3,(H,19,24)/t14-/m1/s1. The minimum Gasteiger partial charge on any atom is -0.355 e. The van der Waals surface area contributed by atoms with Crippen molar-refractivity contribution in [2.75, 3.05) is 44.2 Å². The molecule has 1 saturated heterocycles. The Morgan fingerprint density at radius 3 is 3.04 bits per heavy atom. The fourth-order valence-electron chi connectivity index (χ4n) is 3.28. The normalized spacial score (nSPS) is 18.0. The van der Waals surface area contributed by atoms with E-state index in [0.29, 0.717) is 0 Å². The smallest absolute Gasteiger partial charge is 0.224 e. The van der Waals surface area contributed by atoms with E-state index in [4.69, 9.17) is 0 Å². The van der Waals surface area contributed by atoms with Crippen molar-refractivity contribution in [3.05, 3.63) is 18.3 Å². The van der Waals surface area contributed by atoms with Crippen LogP contribution in [0.1, 0.15) is 26.7 Å². The van der Waals surface area contributed by atoms with E-state index in [1.807, 2.05) is 12.1 Å². The van der Waals surface area contributed by atoms with E-state index in [9.17, 15) is 4.79 Å². The van der Waals surface area contributed by atoms with Crippen LogP contribution >= 0.6 is 11.3 Å². The first-order valence-electron chi connectivity index (χ1n) is 9.17. The van der Waals surface area contributed by atoms with Crippen molar-refractivity contribution in [2.45, 2.75) is 26.7 Å². The summed E-state index contributed by atoms with van der Waals surface area (Å²) in [5.41, 5.74) is 0.938. The first-order valence-corrected chi connectivity index (χ1v) is 9.99. The third kappa shape index (κ3) is 4.46. The number of nitrogens with one attached hydrogen (secondary N) is 1. The Balaban J connectivity index is 1.56. The number of hydrogen-bond acceptors (Lipinski definition) is 6. The van der Waals surface area contributed by atoms with Crippen LogP contribution in [0.5, 0.6) is 0 Å². The number of aromatic nitrogens is 2. The van der Waals surface area contributed by atoms with Gasteiger partial charge >= 0.3 is 0 Å². The highest BCUT2D eigenvalue weighted by atomic mass is 32.1. The summed E-state index contributed by atoms with van der Waals surface area (Å²) in [6.45, 7) is 9.69. The summed E-state index contributed by atoms with van der Waals surface area (Å²) in [5, 5.41) is 4.09. The van der Waals surface area contributed by atoms with Gasteiger partial charge in [-0.1, -0.05) is 25.2 Å². The zero-order chi connectivity index (χ0) is 17.6. The number of thiazole rings is 1. The van der Waals surface area contributed by atoms with Crippen LogP contribution in [-0.4, -0.2) is 60.0 Å². The van der Waals surface area contributed by atoms with Gasteiger partial charge in [0.2, 0.25) is 5.91 Å². The summed E-state index contributed by atoms with van der Waals surface area (Å²) in [6, 6.07) is 3.90. The maximum absolute atomic E-state index is 12.5. The van der Waals surface area contributed by atoms with Crippen molar-refractivity contribution >= 4 is 32.7 Å². The third-order valence-corrected chi connectivity index (χ3v) is 5.88. The van der Waals surface area contributed by atoms with Crippen LogP contribution in [0.15, 0.2) is 18.3 Å². The minimum atomic E-state index is 0.0467. The molecule has 0 spiro atoms. The average Bonchev–Trinajstić information content (AvgIpc) is 3.09. The maximum Gasteiger partial charge on any atom is 0.224 e. The number of amides is 1. The number of likely N-dealkylation sites (N-methyl/N-ethyl adjacent to an activating group) is 1. The largest absolute Gasteiger partial charge is 0.355 e. The van der Waals surface area contributed by atoms with Gasteiger partial charge in [0.15, 0.2) is 5.13 Å². The molecule has 2 aromatic rings. The molecule has 136 valence electrons. The van der Waals surface area contributed by atoms with Crippen LogP contribution in [-0.2, 0) is 4.79 Å². The number of fused-ring (bicyclic) bond motifs is 1. The van der Waals surface area contributed by atoms with Gasteiger partial charge in [0.1, 0.15) is 10.3 Å². The van der Waals surface area contributed by atoms with Crippen molar-refractivity contribution in [1.29, 1.82) is 0 Å². The molecule has 25 heavy (non-hydrogen) atoms. The molecule has 0 unspecified atom stereocenters. The molecular weight excluding hydrogens is 334 g/mol. The number of rotatable bonds is 7. The molecule has 1 amide bonds. The number of hydrogen-bond donors (Lipinski definition) is 1. The predicted octanol–water partition coefficient (Wildman–Crippen LogP) is 2.37. The number of carbonyl (C=O) groups is 1. The fraction of sp³-hybridized carbons (Fsp3) is 0.611. The van der Waals surface area contributed by atoms with E-state index < -0.39 is 0 Å². The van der Waals surface area contributed by atoms with Crippen LogP contribution in [0, 0.1) is 5.92 Å². The molecule has 3 rings (SSSR count). The Labute approximate surface area is 153 Å². The summed E-state index contributed by atoms with van der Waals surface area (Å²) < 4.78 is 0. The molecule has 1 atom stereocenters. The lowest BCUT2D eigenvalue weighted by molar-refractivity contribution is -0.125. The topological polar surface area (TPSA) is 61.4 Å². The maximum atomic E-state index is 12.5. The summed E-state index contributed by atoms with van der Waals surface area (Å²) in [6.07, 6.45) is 3.78. The Morgan fingerprint density at radius 1 is 1.44 bits per heavy atom. The van der Waals surface area contributed by atoms with Gasteiger partial charge in [-0.15, -0.1) is 0 Å². The van der Waals surface area contributed by atoms with Gasteiger partial charge in [-0.3, -0.25) is 4.79 Å². The van der Waals surface area contributed by atoms with Gasteiger partial charge in [-0.2, -0.15) is 0 Å². The number of anilines is 1. The average molecular weight is 362 g/mol. The van der Waals surface area contributed by atoms with Crippen molar-refractivity contribution < 1.29 is 4.79 Å². The molecule has 3 heterocycles. The van der Waals surface area contributed by atoms with Crippen molar-refractivity contribution in [1.82, 2.24) is 20.2 Å². The van der Waals surface area contributed by atoms with E-state index in [2.05, 4.69) is 38.9 Å². The molecule has 1 N–H and O–H groups in total. The molecule has 0 radical (unpaired) electrons. The molecule has 1 aliphatic heterocycles. The van der Waals surface area contributed by atoms with E-state index in [-0.39, 0.29) is 11.8 Å². The number of nitrogens with zero attached hydrogens (tertiary/aromatic N) is 4. The Morgan fingerprint density at radius 2 is 2.28 bits per heavy atom. The monoisotopic (exact) mass is 361 g/mol. The van der Waals surface area contributed by atoms with Crippen LogP contribution in [0.25, 0.3) is 10.3 Å². The van der Waals surface area contributed by atoms with E-state index in [0.717, 1.165) is 67.6 Å². The number of pyridine rings is 1. The van der Waals surface area contributed by atoms with E-state index in [1.54, 1.807) is 17.5 Å². The number of piperidine rings is 1. The molecular formula is C18H27N5OS. The molecule has 1 fully saturated rings. The van der Waals surface area contributed by atoms with Gasteiger partial charge in [0.05, 0.1) is 5.92 Å². The first kappa shape index (κ1) is 18.1. The lowest BCUT2D eigenvalue weighted by Crippen LogP contribution is -2.44. The summed E-state index contributed by atoms with van der Waals surface area (Å²) in [7, 11) is 0. The first-order chi connectivity index (χ1) is 12.2. The lowest BCUT2D eigenvalue weighted by Gasteiger charge is -2.31. The zero-order valence-corrected chi connectivity index (χ0v) is 15.9. The van der Waals surface area contributed by atoms with Gasteiger partial charge < -0.3 is 15.1 Å². The second-order valence-corrected chi connectivity index (χ2v) is 7.38. The quantitative estimate of drug-likeness (QED) is 0.820. The second-order valence-electron chi connectivity index (χ2n) is 6.43. The van der Waals surface area contributed by atoms with Crippen molar-refractivity contribution in [2.24, 2.45) is 5.92 Å². The second kappa shape index (κ2) is 8.58. The van der Waals surface area contributed by atoms with Gasteiger partial charge in [-0.25, -0.2) is 9.97 Å². The molecule has 2 aromatic heterocycles. The highest BCUT2D eigenvalue weighted by molar-refractivity contribution is 7.21. The zero-order valence-electron chi connectivity index (χ0n) is 15.1. The Kier molecular flexibility index (Phi) is 6.20. The molecule has 1 aliphatic rings. The Bertz CT molecular complexity index is 667. The van der Waals surface area contributed by atoms with Gasteiger partial charge in [0.25, 0.3) is 0 Å². The number of carbonyl (C=O) groups excluding carboxylic acids is 1. The summed E-state index contributed by atoms with van der Waals surface area (Å²) >= 11 is 1.61. The molecule has 7 heteroatoms. The molecule has 6 nitrogen and oxygen atoms in total. The van der Waals surface area contributed by atoms with Crippen LogP contribution in [0.4, 0.5) is 5.13 Å². The van der Waals surface area contributed by atoms with Crippen molar-refractivity contribution in [3.63, 3.8) is 0 Å².